The first kappa shape index (κ1) is 22.3. The number of rotatable bonds is 5. The smallest absolute Gasteiger partial charge is 0.317 e. The van der Waals surface area contributed by atoms with E-state index in [1.54, 1.807) is 0 Å². The lowest BCUT2D eigenvalue weighted by Crippen LogP contribution is -2.47. The van der Waals surface area contributed by atoms with Gasteiger partial charge in [0.1, 0.15) is 11.9 Å². The third-order valence-corrected chi connectivity index (χ3v) is 5.42. The predicted molar refractivity (Wildman–Crippen MR) is 109 cm³/mol. The minimum atomic E-state index is -0.250. The van der Waals surface area contributed by atoms with E-state index in [0.717, 1.165) is 57.9 Å². The van der Waals surface area contributed by atoms with Crippen LogP contribution in [0.1, 0.15) is 26.2 Å². The summed E-state index contributed by atoms with van der Waals surface area (Å²) in [7, 11) is 0. The van der Waals surface area contributed by atoms with Gasteiger partial charge in [-0.05, 0) is 43.6 Å². The summed E-state index contributed by atoms with van der Waals surface area (Å²) in [6, 6.07) is 7.55. The third-order valence-electron chi connectivity index (χ3n) is 5.19. The molecule has 0 radical (unpaired) electrons. The van der Waals surface area contributed by atoms with E-state index in [9.17, 15) is 4.79 Å². The Morgan fingerprint density at radius 3 is 2.64 bits per heavy atom. The number of ether oxygens (including phenoxy) is 1. The number of likely N-dealkylation sites (tertiary alicyclic amines) is 2. The van der Waals surface area contributed by atoms with Gasteiger partial charge in [-0.2, -0.15) is 0 Å². The van der Waals surface area contributed by atoms with Gasteiger partial charge in [0.25, 0.3) is 6.47 Å². The Morgan fingerprint density at radius 1 is 1.32 bits per heavy atom. The molecule has 2 N–H and O–H groups in total. The van der Waals surface area contributed by atoms with Crippen molar-refractivity contribution in [3.8, 4) is 5.75 Å². The maximum atomic E-state index is 12.4. The summed E-state index contributed by atoms with van der Waals surface area (Å²) >= 11 is 5.99. The Labute approximate surface area is 171 Å². The molecule has 2 amide bonds. The molecular formula is C20H30ClN3O4. The van der Waals surface area contributed by atoms with E-state index in [1.165, 1.54) is 6.42 Å². The minimum absolute atomic E-state index is 0.0659. The zero-order valence-electron chi connectivity index (χ0n) is 16.3. The van der Waals surface area contributed by atoms with E-state index in [-0.39, 0.29) is 18.6 Å². The average molecular weight is 412 g/mol. The van der Waals surface area contributed by atoms with Crippen molar-refractivity contribution in [1.82, 2.24) is 15.1 Å². The van der Waals surface area contributed by atoms with Gasteiger partial charge in [-0.25, -0.2) is 4.79 Å². The van der Waals surface area contributed by atoms with Crippen LogP contribution >= 0.6 is 11.6 Å². The fourth-order valence-electron chi connectivity index (χ4n) is 3.62. The molecule has 2 heterocycles. The van der Waals surface area contributed by atoms with E-state index >= 15 is 0 Å². The molecule has 8 heteroatoms. The van der Waals surface area contributed by atoms with Crippen molar-refractivity contribution in [2.24, 2.45) is 5.92 Å². The van der Waals surface area contributed by atoms with Gasteiger partial charge < -0.3 is 25.0 Å². The number of benzene rings is 1. The number of nitrogens with one attached hydrogen (secondary N) is 1. The lowest BCUT2D eigenvalue weighted by Gasteiger charge is -2.32. The van der Waals surface area contributed by atoms with Crippen LogP contribution in [0.25, 0.3) is 0 Å². The fourth-order valence-corrected chi connectivity index (χ4v) is 3.80. The summed E-state index contributed by atoms with van der Waals surface area (Å²) in [4.78, 5) is 25.1. The molecule has 7 nitrogen and oxygen atoms in total. The first-order chi connectivity index (χ1) is 13.5. The highest BCUT2D eigenvalue weighted by atomic mass is 35.5. The monoisotopic (exact) mass is 411 g/mol. The molecule has 0 saturated carbocycles. The number of amides is 2. The molecule has 2 aliphatic heterocycles. The van der Waals surface area contributed by atoms with E-state index in [1.807, 2.05) is 29.2 Å². The quantitative estimate of drug-likeness (QED) is 0.728. The topological polar surface area (TPSA) is 82.1 Å². The molecular weight excluding hydrogens is 382 g/mol. The number of hydrogen-bond donors (Lipinski definition) is 2. The molecule has 0 aliphatic carbocycles. The van der Waals surface area contributed by atoms with E-state index in [0.29, 0.717) is 10.9 Å². The highest BCUT2D eigenvalue weighted by Gasteiger charge is 2.26. The van der Waals surface area contributed by atoms with Gasteiger partial charge in [-0.3, -0.25) is 4.79 Å². The molecule has 28 heavy (non-hydrogen) atoms. The molecule has 1 unspecified atom stereocenters. The van der Waals surface area contributed by atoms with Gasteiger partial charge in [0, 0.05) is 44.0 Å². The van der Waals surface area contributed by atoms with Crippen LogP contribution in [-0.4, -0.2) is 72.8 Å². The maximum absolute atomic E-state index is 12.4. The molecule has 2 aliphatic rings. The maximum Gasteiger partial charge on any atom is 0.317 e. The second kappa shape index (κ2) is 11.8. The van der Waals surface area contributed by atoms with E-state index < -0.39 is 0 Å². The Balaban J connectivity index is 0.000000878. The van der Waals surface area contributed by atoms with Crippen LogP contribution < -0.4 is 10.1 Å². The number of hydrogen-bond acceptors (Lipinski definition) is 4. The molecule has 156 valence electrons. The molecule has 1 aromatic carbocycles. The Bertz CT molecular complexity index is 623. The van der Waals surface area contributed by atoms with Crippen LogP contribution in [0.4, 0.5) is 4.79 Å². The van der Waals surface area contributed by atoms with Crippen LogP contribution in [0.15, 0.2) is 24.3 Å². The summed E-state index contributed by atoms with van der Waals surface area (Å²) in [5.74, 6) is 1.39. The van der Waals surface area contributed by atoms with Crippen molar-refractivity contribution in [3.05, 3.63) is 29.3 Å². The summed E-state index contributed by atoms with van der Waals surface area (Å²) < 4.78 is 5.98. The highest BCUT2D eigenvalue weighted by molar-refractivity contribution is 6.30. The summed E-state index contributed by atoms with van der Waals surface area (Å²) in [5, 5.41) is 10.7. The standard InChI is InChI=1S/C19H28ClN3O2.CH2O2/c1-2-22-9-6-15(14-22)13-21-19(24)23-10-7-17(8-11-23)25-18-5-3-4-16(20)12-18;2-1-3/h3-5,12,15,17H,2,6-11,13-14H2,1H3,(H,21,24);1H,(H,2,3). The third kappa shape index (κ3) is 7.20. The summed E-state index contributed by atoms with van der Waals surface area (Å²) in [6.07, 6.45) is 3.04. The summed E-state index contributed by atoms with van der Waals surface area (Å²) in [5.41, 5.74) is 0. The average Bonchev–Trinajstić information content (AvgIpc) is 3.15. The van der Waals surface area contributed by atoms with Gasteiger partial charge in [-0.1, -0.05) is 24.6 Å². The van der Waals surface area contributed by atoms with Gasteiger partial charge in [0.2, 0.25) is 0 Å². The number of nitrogens with zero attached hydrogens (tertiary/aromatic N) is 2. The second-order valence-corrected chi connectivity index (χ2v) is 7.54. The van der Waals surface area contributed by atoms with Crippen molar-refractivity contribution in [2.45, 2.75) is 32.3 Å². The van der Waals surface area contributed by atoms with Crippen molar-refractivity contribution in [3.63, 3.8) is 0 Å². The number of carbonyl (C=O) groups excluding carboxylic acids is 1. The van der Waals surface area contributed by atoms with Crippen molar-refractivity contribution < 1.29 is 19.4 Å². The molecule has 0 aromatic heterocycles. The van der Waals surface area contributed by atoms with E-state index in [2.05, 4.69) is 17.1 Å². The second-order valence-electron chi connectivity index (χ2n) is 7.10. The highest BCUT2D eigenvalue weighted by Crippen LogP contribution is 2.22. The number of urea groups is 1. The van der Waals surface area contributed by atoms with Crippen LogP contribution in [-0.2, 0) is 4.79 Å². The number of piperidine rings is 1. The number of halogens is 1. The van der Waals surface area contributed by atoms with Gasteiger partial charge in [-0.15, -0.1) is 0 Å². The van der Waals surface area contributed by atoms with Gasteiger partial charge in [0.15, 0.2) is 0 Å². The first-order valence-electron chi connectivity index (χ1n) is 9.80. The molecule has 2 fully saturated rings. The minimum Gasteiger partial charge on any atom is -0.490 e. The van der Waals surface area contributed by atoms with Crippen molar-refractivity contribution >= 4 is 24.1 Å². The number of carboxylic acid groups (broad SMARTS) is 1. The van der Waals surface area contributed by atoms with Crippen LogP contribution in [0.3, 0.4) is 0 Å². The number of carbonyl (C=O) groups is 2. The van der Waals surface area contributed by atoms with Crippen molar-refractivity contribution in [2.75, 3.05) is 39.3 Å². The van der Waals surface area contributed by atoms with E-state index in [4.69, 9.17) is 26.2 Å². The SMILES string of the molecule is CCN1CCC(CNC(=O)N2CCC(Oc3cccc(Cl)c3)CC2)C1.O=CO. The zero-order valence-corrected chi connectivity index (χ0v) is 17.1. The molecule has 1 atom stereocenters. The Kier molecular flexibility index (Phi) is 9.37. The molecule has 1 aromatic rings. The van der Waals surface area contributed by atoms with Crippen LogP contribution in [0, 0.1) is 5.92 Å². The lowest BCUT2D eigenvalue weighted by molar-refractivity contribution is -0.122. The summed E-state index contributed by atoms with van der Waals surface area (Å²) in [6.45, 7) is 7.57. The van der Waals surface area contributed by atoms with Crippen LogP contribution in [0.5, 0.6) is 5.75 Å². The fraction of sp³-hybridized carbons (Fsp3) is 0.600. The Morgan fingerprint density at radius 2 is 2.04 bits per heavy atom. The normalized spacial score (nSPS) is 20.2. The van der Waals surface area contributed by atoms with Gasteiger partial charge in [0.05, 0.1) is 0 Å². The molecule has 0 spiro atoms. The van der Waals surface area contributed by atoms with Crippen LogP contribution in [0.2, 0.25) is 5.02 Å². The molecule has 0 bridgehead atoms. The lowest BCUT2D eigenvalue weighted by atomic mass is 10.1. The molecule has 2 saturated heterocycles. The zero-order chi connectivity index (χ0) is 20.4. The first-order valence-corrected chi connectivity index (χ1v) is 10.2. The van der Waals surface area contributed by atoms with Crippen molar-refractivity contribution in [1.29, 1.82) is 0 Å². The Hall–Kier alpha value is -1.99. The largest absolute Gasteiger partial charge is 0.490 e. The molecule has 3 rings (SSSR count). The van der Waals surface area contributed by atoms with Gasteiger partial charge >= 0.3 is 6.03 Å². The predicted octanol–water partition coefficient (Wildman–Crippen LogP) is 2.94.